The van der Waals surface area contributed by atoms with Crippen molar-refractivity contribution in [2.24, 2.45) is 5.41 Å². The van der Waals surface area contributed by atoms with Crippen LogP contribution in [0, 0.1) is 5.41 Å². The van der Waals surface area contributed by atoms with Gasteiger partial charge in [-0.25, -0.2) is 0 Å². The average Bonchev–Trinajstić information content (AvgIpc) is 2.67. The summed E-state index contributed by atoms with van der Waals surface area (Å²) < 4.78 is 6.24. The normalized spacial score (nSPS) is 34.9. The van der Waals surface area contributed by atoms with Gasteiger partial charge in [0.05, 0.1) is 18.2 Å². The minimum absolute atomic E-state index is 0.0230. The van der Waals surface area contributed by atoms with E-state index in [9.17, 15) is 0 Å². The third-order valence-electron chi connectivity index (χ3n) is 4.39. The molecule has 2 atom stereocenters. The van der Waals surface area contributed by atoms with Crippen LogP contribution >= 0.6 is 0 Å². The van der Waals surface area contributed by atoms with Crippen molar-refractivity contribution in [2.45, 2.75) is 44.8 Å². The third-order valence-corrected chi connectivity index (χ3v) is 4.39. The smallest absolute Gasteiger partial charge is 0.0882 e. The fraction of sp³-hybridized carbons (Fsp3) is 0.667. The van der Waals surface area contributed by atoms with Crippen molar-refractivity contribution in [2.75, 3.05) is 13.2 Å². The van der Waals surface area contributed by atoms with Gasteiger partial charge in [0.2, 0.25) is 0 Å². The number of nitrogens with one attached hydrogen (secondary N) is 1. The van der Waals surface area contributed by atoms with Crippen LogP contribution in [0.25, 0.3) is 0 Å². The van der Waals surface area contributed by atoms with E-state index < -0.39 is 0 Å². The van der Waals surface area contributed by atoms with Gasteiger partial charge in [0.25, 0.3) is 0 Å². The van der Waals surface area contributed by atoms with Gasteiger partial charge < -0.3 is 10.1 Å². The van der Waals surface area contributed by atoms with Crippen LogP contribution < -0.4 is 5.32 Å². The van der Waals surface area contributed by atoms with Gasteiger partial charge >= 0.3 is 0 Å². The lowest BCUT2D eigenvalue weighted by Crippen LogP contribution is -2.51. The lowest BCUT2D eigenvalue weighted by Gasteiger charge is -2.43. The molecule has 1 spiro atoms. The predicted octanol–water partition coefficient (Wildman–Crippen LogP) is 2.69. The van der Waals surface area contributed by atoms with Gasteiger partial charge in [-0.1, -0.05) is 19.9 Å². The summed E-state index contributed by atoms with van der Waals surface area (Å²) >= 11 is 0. The van der Waals surface area contributed by atoms with Gasteiger partial charge in [-0.15, -0.1) is 0 Å². The molecular weight excluding hydrogens is 224 g/mol. The van der Waals surface area contributed by atoms with E-state index in [0.717, 1.165) is 26.0 Å². The molecule has 1 aromatic rings. The SMILES string of the molecule is CC1(C)CCC2(C1)OCCNC2c1cccnc1. The van der Waals surface area contributed by atoms with Gasteiger partial charge in [0, 0.05) is 18.9 Å². The monoisotopic (exact) mass is 246 g/mol. The zero-order valence-corrected chi connectivity index (χ0v) is 11.3. The maximum atomic E-state index is 6.24. The number of rotatable bonds is 1. The van der Waals surface area contributed by atoms with E-state index in [-0.39, 0.29) is 5.60 Å². The van der Waals surface area contributed by atoms with Gasteiger partial charge in [0.1, 0.15) is 0 Å². The minimum atomic E-state index is -0.0230. The molecule has 0 bridgehead atoms. The van der Waals surface area contributed by atoms with E-state index in [1.807, 2.05) is 18.5 Å². The zero-order valence-electron chi connectivity index (χ0n) is 11.3. The number of hydrogen-bond donors (Lipinski definition) is 1. The van der Waals surface area contributed by atoms with Crippen LogP contribution in [-0.2, 0) is 4.74 Å². The Hall–Kier alpha value is -0.930. The standard InChI is InChI=1S/C15H22N2O/c1-14(2)5-6-15(11-14)13(17-8-9-18-15)12-4-3-7-16-10-12/h3-4,7,10,13,17H,5-6,8-9,11H2,1-2H3. The molecule has 2 aliphatic rings. The number of ether oxygens (including phenoxy) is 1. The molecule has 1 aliphatic carbocycles. The summed E-state index contributed by atoms with van der Waals surface area (Å²) in [5.41, 5.74) is 1.62. The van der Waals surface area contributed by atoms with Crippen LogP contribution in [-0.4, -0.2) is 23.7 Å². The molecule has 2 unspecified atom stereocenters. The van der Waals surface area contributed by atoms with Crippen LogP contribution in [0.1, 0.15) is 44.7 Å². The Kier molecular flexibility index (Phi) is 2.91. The molecule has 1 aliphatic heterocycles. The Labute approximate surface area is 109 Å². The molecule has 2 fully saturated rings. The molecule has 3 rings (SSSR count). The Morgan fingerprint density at radius 1 is 1.39 bits per heavy atom. The Bertz CT molecular complexity index is 418. The summed E-state index contributed by atoms with van der Waals surface area (Å²) in [4.78, 5) is 4.26. The van der Waals surface area contributed by atoms with Crippen molar-refractivity contribution < 1.29 is 4.74 Å². The summed E-state index contributed by atoms with van der Waals surface area (Å²) in [6, 6.07) is 4.47. The quantitative estimate of drug-likeness (QED) is 0.827. The van der Waals surface area contributed by atoms with Gasteiger partial charge in [0.15, 0.2) is 0 Å². The Morgan fingerprint density at radius 3 is 2.94 bits per heavy atom. The van der Waals surface area contributed by atoms with Gasteiger partial charge in [-0.2, -0.15) is 0 Å². The van der Waals surface area contributed by atoms with Crippen molar-refractivity contribution in [3.05, 3.63) is 30.1 Å². The first-order valence-corrected chi connectivity index (χ1v) is 6.89. The Balaban J connectivity index is 1.92. The third kappa shape index (κ3) is 2.06. The molecule has 98 valence electrons. The van der Waals surface area contributed by atoms with E-state index in [4.69, 9.17) is 4.74 Å². The van der Waals surface area contributed by atoms with Crippen molar-refractivity contribution in [3.63, 3.8) is 0 Å². The molecule has 3 nitrogen and oxygen atoms in total. The van der Waals surface area contributed by atoms with Crippen LogP contribution in [0.4, 0.5) is 0 Å². The molecule has 0 aromatic carbocycles. The van der Waals surface area contributed by atoms with E-state index >= 15 is 0 Å². The topological polar surface area (TPSA) is 34.1 Å². The van der Waals surface area contributed by atoms with Crippen molar-refractivity contribution in [1.29, 1.82) is 0 Å². The van der Waals surface area contributed by atoms with E-state index in [1.165, 1.54) is 12.0 Å². The van der Waals surface area contributed by atoms with E-state index in [2.05, 4.69) is 30.2 Å². The summed E-state index contributed by atoms with van der Waals surface area (Å²) in [5, 5.41) is 3.64. The largest absolute Gasteiger partial charge is 0.372 e. The number of aromatic nitrogens is 1. The molecule has 1 saturated heterocycles. The van der Waals surface area contributed by atoms with Crippen molar-refractivity contribution >= 4 is 0 Å². The fourth-order valence-electron chi connectivity index (χ4n) is 3.60. The fourth-order valence-corrected chi connectivity index (χ4v) is 3.60. The lowest BCUT2D eigenvalue weighted by molar-refractivity contribution is -0.0987. The van der Waals surface area contributed by atoms with Crippen LogP contribution in [0.2, 0.25) is 0 Å². The maximum absolute atomic E-state index is 6.24. The molecule has 2 heterocycles. The van der Waals surface area contributed by atoms with Gasteiger partial charge in [-0.3, -0.25) is 4.98 Å². The van der Waals surface area contributed by atoms with Crippen LogP contribution in [0.15, 0.2) is 24.5 Å². The number of pyridine rings is 1. The summed E-state index contributed by atoms with van der Waals surface area (Å²) in [6.45, 7) is 6.45. The molecule has 1 N–H and O–H groups in total. The maximum Gasteiger partial charge on any atom is 0.0882 e. The Morgan fingerprint density at radius 2 is 2.28 bits per heavy atom. The second kappa shape index (κ2) is 4.32. The lowest BCUT2D eigenvalue weighted by atomic mass is 9.82. The minimum Gasteiger partial charge on any atom is -0.372 e. The molecule has 1 aromatic heterocycles. The second-order valence-corrected chi connectivity index (χ2v) is 6.43. The predicted molar refractivity (Wildman–Crippen MR) is 71.3 cm³/mol. The van der Waals surface area contributed by atoms with E-state index in [0.29, 0.717) is 11.5 Å². The second-order valence-electron chi connectivity index (χ2n) is 6.43. The average molecular weight is 246 g/mol. The number of morpholine rings is 1. The molecule has 0 radical (unpaired) electrons. The highest BCUT2D eigenvalue weighted by Gasteiger charge is 2.50. The highest BCUT2D eigenvalue weighted by atomic mass is 16.5. The first-order valence-electron chi connectivity index (χ1n) is 6.89. The first-order chi connectivity index (χ1) is 8.61. The highest BCUT2D eigenvalue weighted by molar-refractivity contribution is 5.21. The molecule has 0 amide bonds. The zero-order chi connectivity index (χ0) is 12.6. The summed E-state index contributed by atoms with van der Waals surface area (Å²) in [5.74, 6) is 0. The number of nitrogens with zero attached hydrogens (tertiary/aromatic N) is 1. The highest BCUT2D eigenvalue weighted by Crippen LogP contribution is 2.51. The molecule has 1 saturated carbocycles. The van der Waals surface area contributed by atoms with E-state index in [1.54, 1.807) is 0 Å². The van der Waals surface area contributed by atoms with Crippen molar-refractivity contribution in [1.82, 2.24) is 10.3 Å². The first kappa shape index (κ1) is 12.1. The number of hydrogen-bond acceptors (Lipinski definition) is 3. The molecular formula is C15H22N2O. The summed E-state index contributed by atoms with van der Waals surface area (Å²) in [6.07, 6.45) is 7.32. The summed E-state index contributed by atoms with van der Waals surface area (Å²) in [7, 11) is 0. The molecule has 3 heteroatoms. The van der Waals surface area contributed by atoms with Crippen LogP contribution in [0.3, 0.4) is 0 Å². The molecule has 18 heavy (non-hydrogen) atoms. The van der Waals surface area contributed by atoms with Crippen LogP contribution in [0.5, 0.6) is 0 Å². The van der Waals surface area contributed by atoms with Crippen molar-refractivity contribution in [3.8, 4) is 0 Å². The van der Waals surface area contributed by atoms with Gasteiger partial charge in [-0.05, 0) is 36.3 Å².